The lowest BCUT2D eigenvalue weighted by molar-refractivity contribution is 0.0645. The number of aromatic nitrogens is 2. The van der Waals surface area contributed by atoms with E-state index >= 15 is 0 Å². The molecule has 1 aromatic heterocycles. The van der Waals surface area contributed by atoms with Crippen LogP contribution >= 0.6 is 0 Å². The van der Waals surface area contributed by atoms with Gasteiger partial charge in [0.25, 0.3) is 0 Å². The second-order valence-corrected chi connectivity index (χ2v) is 4.04. The number of alkyl halides is 2. The monoisotopic (exact) mass is 230 g/mol. The molecular formula is C10H16F2N4. The number of likely N-dealkylation sites (N-methyl/N-ethyl adjacent to an activating group) is 1. The first-order valence-corrected chi connectivity index (χ1v) is 5.40. The zero-order valence-electron chi connectivity index (χ0n) is 9.24. The molecule has 1 fully saturated rings. The normalized spacial score (nSPS) is 22.1. The summed E-state index contributed by atoms with van der Waals surface area (Å²) in [5, 5.41) is 3.19. The van der Waals surface area contributed by atoms with Gasteiger partial charge in [0.2, 0.25) is 0 Å². The van der Waals surface area contributed by atoms with E-state index in [4.69, 9.17) is 0 Å². The molecule has 1 unspecified atom stereocenters. The standard InChI is InChI=1S/C10H16F2N4/c1-13-8-2-4-15(6-8)7-9-14-3-5-16(9)10(11)12/h3,5,8,10,13H,2,4,6-7H2,1H3. The van der Waals surface area contributed by atoms with Gasteiger partial charge in [-0.3, -0.25) is 9.47 Å². The van der Waals surface area contributed by atoms with E-state index in [0.29, 0.717) is 18.4 Å². The molecule has 2 heterocycles. The summed E-state index contributed by atoms with van der Waals surface area (Å²) in [5.41, 5.74) is 0. The lowest BCUT2D eigenvalue weighted by Crippen LogP contribution is -2.30. The fourth-order valence-corrected chi connectivity index (χ4v) is 2.06. The Labute approximate surface area is 93.3 Å². The Bertz CT molecular complexity index is 339. The highest BCUT2D eigenvalue weighted by Gasteiger charge is 2.23. The first-order valence-electron chi connectivity index (χ1n) is 5.40. The van der Waals surface area contributed by atoms with E-state index in [9.17, 15) is 8.78 Å². The summed E-state index contributed by atoms with van der Waals surface area (Å²) in [4.78, 5) is 6.11. The van der Waals surface area contributed by atoms with Crippen LogP contribution in [0.3, 0.4) is 0 Å². The minimum atomic E-state index is -2.50. The minimum Gasteiger partial charge on any atom is -0.316 e. The van der Waals surface area contributed by atoms with E-state index < -0.39 is 6.55 Å². The molecule has 1 aromatic rings. The van der Waals surface area contributed by atoms with Gasteiger partial charge >= 0.3 is 6.55 Å². The average Bonchev–Trinajstić information content (AvgIpc) is 2.87. The van der Waals surface area contributed by atoms with Crippen molar-refractivity contribution in [3.8, 4) is 0 Å². The zero-order chi connectivity index (χ0) is 11.5. The van der Waals surface area contributed by atoms with Gasteiger partial charge < -0.3 is 5.32 Å². The van der Waals surface area contributed by atoms with Crippen molar-refractivity contribution in [3.05, 3.63) is 18.2 Å². The molecule has 0 saturated carbocycles. The van der Waals surface area contributed by atoms with Crippen molar-refractivity contribution >= 4 is 0 Å². The van der Waals surface area contributed by atoms with Crippen molar-refractivity contribution in [3.63, 3.8) is 0 Å². The summed E-state index contributed by atoms with van der Waals surface area (Å²) >= 11 is 0. The second-order valence-electron chi connectivity index (χ2n) is 4.04. The summed E-state index contributed by atoms with van der Waals surface area (Å²) in [6, 6.07) is 0.468. The maximum absolute atomic E-state index is 12.6. The number of rotatable bonds is 4. The highest BCUT2D eigenvalue weighted by Crippen LogP contribution is 2.16. The van der Waals surface area contributed by atoms with Gasteiger partial charge in [-0.15, -0.1) is 0 Å². The molecule has 0 aliphatic carbocycles. The summed E-state index contributed by atoms with van der Waals surface area (Å²) in [5.74, 6) is 0.437. The number of halogens is 2. The van der Waals surface area contributed by atoms with Crippen LogP contribution < -0.4 is 5.32 Å². The number of hydrogen-bond acceptors (Lipinski definition) is 3. The minimum absolute atomic E-state index is 0.437. The Kier molecular flexibility index (Phi) is 3.50. The predicted molar refractivity (Wildman–Crippen MR) is 56.2 cm³/mol. The summed E-state index contributed by atoms with van der Waals surface area (Å²) < 4.78 is 26.1. The SMILES string of the molecule is CNC1CCN(Cc2nccn2C(F)F)C1. The second kappa shape index (κ2) is 4.88. The molecular weight excluding hydrogens is 214 g/mol. The zero-order valence-corrected chi connectivity index (χ0v) is 9.24. The Morgan fingerprint density at radius 2 is 2.44 bits per heavy atom. The van der Waals surface area contributed by atoms with Gasteiger partial charge in [-0.05, 0) is 13.5 Å². The Balaban J connectivity index is 1.96. The molecule has 1 aliphatic heterocycles. The van der Waals surface area contributed by atoms with E-state index in [0.717, 1.165) is 24.1 Å². The van der Waals surface area contributed by atoms with Gasteiger partial charge in [0.15, 0.2) is 0 Å². The van der Waals surface area contributed by atoms with Gasteiger partial charge in [0, 0.05) is 31.5 Å². The third-order valence-electron chi connectivity index (χ3n) is 3.00. The van der Waals surface area contributed by atoms with Crippen LogP contribution in [-0.4, -0.2) is 40.6 Å². The molecule has 1 saturated heterocycles. The first kappa shape index (κ1) is 11.5. The van der Waals surface area contributed by atoms with Crippen LogP contribution in [-0.2, 0) is 6.54 Å². The summed E-state index contributed by atoms with van der Waals surface area (Å²) in [6.45, 7) is -0.177. The van der Waals surface area contributed by atoms with E-state index in [-0.39, 0.29) is 0 Å². The van der Waals surface area contributed by atoms with Crippen LogP contribution in [0.25, 0.3) is 0 Å². The van der Waals surface area contributed by atoms with Crippen LogP contribution in [0, 0.1) is 0 Å². The van der Waals surface area contributed by atoms with Crippen molar-refractivity contribution in [2.45, 2.75) is 25.6 Å². The molecule has 0 bridgehead atoms. The molecule has 16 heavy (non-hydrogen) atoms. The lowest BCUT2D eigenvalue weighted by Gasteiger charge is -2.16. The van der Waals surface area contributed by atoms with Gasteiger partial charge in [0.05, 0.1) is 6.54 Å². The smallest absolute Gasteiger partial charge is 0.316 e. The van der Waals surface area contributed by atoms with E-state index in [1.807, 2.05) is 7.05 Å². The Morgan fingerprint density at radius 1 is 1.62 bits per heavy atom. The van der Waals surface area contributed by atoms with Crippen molar-refractivity contribution in [2.24, 2.45) is 0 Å². The largest absolute Gasteiger partial charge is 0.319 e. The van der Waals surface area contributed by atoms with Crippen LogP contribution in [0.2, 0.25) is 0 Å². The number of likely N-dealkylation sites (tertiary alicyclic amines) is 1. The van der Waals surface area contributed by atoms with Crippen molar-refractivity contribution in [2.75, 3.05) is 20.1 Å². The number of hydrogen-bond donors (Lipinski definition) is 1. The Morgan fingerprint density at radius 3 is 3.06 bits per heavy atom. The molecule has 0 aromatic carbocycles. The molecule has 6 heteroatoms. The summed E-state index contributed by atoms with van der Waals surface area (Å²) in [6.07, 6.45) is 3.81. The molecule has 1 atom stereocenters. The molecule has 90 valence electrons. The maximum atomic E-state index is 12.6. The highest BCUT2D eigenvalue weighted by atomic mass is 19.3. The van der Waals surface area contributed by atoms with Crippen LogP contribution in [0.5, 0.6) is 0 Å². The third kappa shape index (κ3) is 2.38. The number of nitrogens with zero attached hydrogens (tertiary/aromatic N) is 3. The van der Waals surface area contributed by atoms with Gasteiger partial charge in [-0.25, -0.2) is 4.98 Å². The third-order valence-corrected chi connectivity index (χ3v) is 3.00. The summed E-state index contributed by atoms with van der Waals surface area (Å²) in [7, 11) is 1.92. The van der Waals surface area contributed by atoms with Crippen LogP contribution in [0.1, 0.15) is 18.8 Å². The molecule has 0 amide bonds. The number of imidazole rings is 1. The van der Waals surface area contributed by atoms with E-state index in [1.54, 1.807) is 0 Å². The molecule has 2 rings (SSSR count). The van der Waals surface area contributed by atoms with Crippen molar-refractivity contribution < 1.29 is 8.78 Å². The Hall–Kier alpha value is -1.01. The van der Waals surface area contributed by atoms with Crippen molar-refractivity contribution in [1.29, 1.82) is 0 Å². The molecule has 1 aliphatic rings. The van der Waals surface area contributed by atoms with Crippen LogP contribution in [0.15, 0.2) is 12.4 Å². The molecule has 0 radical (unpaired) electrons. The lowest BCUT2D eigenvalue weighted by atomic mass is 10.3. The average molecular weight is 230 g/mol. The number of nitrogens with one attached hydrogen (secondary N) is 1. The predicted octanol–water partition coefficient (Wildman–Crippen LogP) is 1.07. The highest BCUT2D eigenvalue weighted by molar-refractivity contribution is 4.94. The fourth-order valence-electron chi connectivity index (χ4n) is 2.06. The maximum Gasteiger partial charge on any atom is 0.319 e. The molecule has 0 spiro atoms. The van der Waals surface area contributed by atoms with Gasteiger partial charge in [0.1, 0.15) is 5.82 Å². The fraction of sp³-hybridized carbons (Fsp3) is 0.700. The van der Waals surface area contributed by atoms with E-state index in [2.05, 4.69) is 15.2 Å². The quantitative estimate of drug-likeness (QED) is 0.840. The van der Waals surface area contributed by atoms with Crippen molar-refractivity contribution in [1.82, 2.24) is 19.8 Å². The van der Waals surface area contributed by atoms with E-state index in [1.165, 1.54) is 12.4 Å². The molecule has 4 nitrogen and oxygen atoms in total. The first-order chi connectivity index (χ1) is 7.70. The topological polar surface area (TPSA) is 33.1 Å². The van der Waals surface area contributed by atoms with Gasteiger partial charge in [-0.2, -0.15) is 8.78 Å². The van der Waals surface area contributed by atoms with Gasteiger partial charge in [-0.1, -0.05) is 0 Å². The van der Waals surface area contributed by atoms with Crippen LogP contribution in [0.4, 0.5) is 8.78 Å². The molecule has 1 N–H and O–H groups in total.